The minimum absolute atomic E-state index is 0.00793. The van der Waals surface area contributed by atoms with Crippen LogP contribution in [-0.4, -0.2) is 82.4 Å². The standard InChI is InChI=1S/C31H35N3O5S/c1-32-29(20-10-12-21(40-5)13-11-20)28(22-18-26(38-3)27(39-4)19-23(22)30(32)35)31(36)34-16-14-33(15-17-34)24-8-6-7-9-25(24)37-2/h6-13,18-19,28-29H,14-17H2,1-5H3/t28-,29-/m1/s1. The van der Waals surface area contributed by atoms with E-state index in [0.29, 0.717) is 48.8 Å². The van der Waals surface area contributed by atoms with Crippen molar-refractivity contribution < 1.29 is 23.8 Å². The third-order valence-corrected chi connectivity index (χ3v) is 8.66. The van der Waals surface area contributed by atoms with Crippen LogP contribution in [0.1, 0.15) is 33.4 Å². The van der Waals surface area contributed by atoms with Crippen molar-refractivity contribution in [3.63, 3.8) is 0 Å². The van der Waals surface area contributed by atoms with Crippen molar-refractivity contribution >= 4 is 29.3 Å². The summed E-state index contributed by atoms with van der Waals surface area (Å²) in [7, 11) is 6.55. The SMILES string of the molecule is COc1cc2c(cc1OC)[C@@H](C(=O)N1CCN(c3ccccc3OC)CC1)[C@@H](c1ccc(SC)cc1)N(C)C2=O. The monoisotopic (exact) mass is 561 g/mol. The maximum atomic E-state index is 14.5. The first-order valence-corrected chi connectivity index (χ1v) is 14.5. The fourth-order valence-electron chi connectivity index (χ4n) is 5.79. The van der Waals surface area contributed by atoms with Crippen molar-refractivity contribution in [2.75, 3.05) is 65.7 Å². The van der Waals surface area contributed by atoms with Gasteiger partial charge in [-0.2, -0.15) is 0 Å². The summed E-state index contributed by atoms with van der Waals surface area (Å²) in [5.74, 6) is 1.01. The Labute approximate surface area is 239 Å². The van der Waals surface area contributed by atoms with Gasteiger partial charge in [-0.25, -0.2) is 0 Å². The minimum Gasteiger partial charge on any atom is -0.495 e. The minimum atomic E-state index is -0.601. The Balaban J connectivity index is 1.52. The molecule has 2 heterocycles. The van der Waals surface area contributed by atoms with Crippen molar-refractivity contribution in [3.8, 4) is 17.2 Å². The number of methoxy groups -OCH3 is 3. The van der Waals surface area contributed by atoms with Crippen molar-refractivity contribution in [2.45, 2.75) is 16.9 Å². The van der Waals surface area contributed by atoms with Crippen LogP contribution < -0.4 is 19.1 Å². The first-order valence-electron chi connectivity index (χ1n) is 13.3. The van der Waals surface area contributed by atoms with E-state index in [1.807, 2.05) is 59.7 Å². The molecule has 0 aromatic heterocycles. The molecule has 3 aromatic carbocycles. The predicted molar refractivity (Wildman–Crippen MR) is 157 cm³/mol. The van der Waals surface area contributed by atoms with Gasteiger partial charge < -0.3 is 28.9 Å². The lowest BCUT2D eigenvalue weighted by molar-refractivity contribution is -0.134. The zero-order valence-corrected chi connectivity index (χ0v) is 24.4. The van der Waals surface area contributed by atoms with E-state index in [-0.39, 0.29) is 11.8 Å². The number of anilines is 1. The van der Waals surface area contributed by atoms with Crippen LogP contribution in [0.4, 0.5) is 5.69 Å². The van der Waals surface area contributed by atoms with Gasteiger partial charge in [0.2, 0.25) is 5.91 Å². The molecular formula is C31H35N3O5S. The number of thioether (sulfide) groups is 1. The van der Waals surface area contributed by atoms with Crippen LogP contribution >= 0.6 is 11.8 Å². The number of carbonyl (C=O) groups is 2. The molecule has 2 aliphatic heterocycles. The van der Waals surface area contributed by atoms with E-state index in [0.717, 1.165) is 21.9 Å². The fraction of sp³-hybridized carbons (Fsp3) is 0.355. The molecule has 0 unspecified atom stereocenters. The van der Waals surface area contributed by atoms with Gasteiger partial charge in [0, 0.05) is 43.7 Å². The number of nitrogens with zero attached hydrogens (tertiary/aromatic N) is 3. The van der Waals surface area contributed by atoms with E-state index < -0.39 is 12.0 Å². The third-order valence-electron chi connectivity index (χ3n) is 7.92. The van der Waals surface area contributed by atoms with E-state index in [4.69, 9.17) is 14.2 Å². The number of ether oxygens (including phenoxy) is 3. The number of hydrogen-bond donors (Lipinski definition) is 0. The number of amides is 2. The Morgan fingerprint density at radius 3 is 2.10 bits per heavy atom. The van der Waals surface area contributed by atoms with Crippen LogP contribution in [0.5, 0.6) is 17.2 Å². The lowest BCUT2D eigenvalue weighted by Gasteiger charge is -2.43. The number of fused-ring (bicyclic) bond motifs is 1. The van der Waals surface area contributed by atoms with Crippen molar-refractivity contribution in [2.24, 2.45) is 0 Å². The summed E-state index contributed by atoms with van der Waals surface area (Å²) in [6.45, 7) is 2.48. The molecule has 40 heavy (non-hydrogen) atoms. The number of rotatable bonds is 7. The molecule has 0 saturated carbocycles. The number of para-hydroxylation sites is 2. The molecule has 0 spiro atoms. The molecule has 210 valence electrons. The quantitative estimate of drug-likeness (QED) is 0.388. The van der Waals surface area contributed by atoms with Gasteiger partial charge in [-0.1, -0.05) is 24.3 Å². The van der Waals surface area contributed by atoms with Gasteiger partial charge in [-0.15, -0.1) is 11.8 Å². The Morgan fingerprint density at radius 2 is 1.48 bits per heavy atom. The topological polar surface area (TPSA) is 71.6 Å². The second-order valence-electron chi connectivity index (χ2n) is 9.89. The summed E-state index contributed by atoms with van der Waals surface area (Å²) >= 11 is 1.65. The highest BCUT2D eigenvalue weighted by molar-refractivity contribution is 7.98. The molecule has 2 aliphatic rings. The highest BCUT2D eigenvalue weighted by Crippen LogP contribution is 2.46. The maximum absolute atomic E-state index is 14.5. The van der Waals surface area contributed by atoms with Gasteiger partial charge in [0.1, 0.15) is 5.75 Å². The van der Waals surface area contributed by atoms with Crippen molar-refractivity contribution in [3.05, 3.63) is 77.4 Å². The van der Waals surface area contributed by atoms with E-state index in [9.17, 15) is 9.59 Å². The van der Waals surface area contributed by atoms with Gasteiger partial charge in [0.15, 0.2) is 11.5 Å². The second-order valence-corrected chi connectivity index (χ2v) is 10.8. The van der Waals surface area contributed by atoms with Gasteiger partial charge in [-0.05, 0) is 53.8 Å². The van der Waals surface area contributed by atoms with Crippen LogP contribution in [0.2, 0.25) is 0 Å². The Bertz CT molecular complexity index is 1390. The fourth-order valence-corrected chi connectivity index (χ4v) is 6.20. The molecule has 0 N–H and O–H groups in total. The molecule has 0 radical (unpaired) electrons. The number of hydrogen-bond acceptors (Lipinski definition) is 7. The average Bonchev–Trinajstić information content (AvgIpc) is 3.01. The van der Waals surface area contributed by atoms with Crippen LogP contribution in [0.25, 0.3) is 0 Å². The van der Waals surface area contributed by atoms with Crippen LogP contribution in [0.15, 0.2) is 65.6 Å². The highest BCUT2D eigenvalue weighted by Gasteiger charge is 2.45. The molecule has 0 bridgehead atoms. The van der Waals surface area contributed by atoms with Crippen molar-refractivity contribution in [1.29, 1.82) is 0 Å². The molecular weight excluding hydrogens is 526 g/mol. The number of benzene rings is 3. The number of carbonyl (C=O) groups excluding carboxylic acids is 2. The Morgan fingerprint density at radius 1 is 0.850 bits per heavy atom. The Kier molecular flexibility index (Phi) is 8.12. The summed E-state index contributed by atoms with van der Waals surface area (Å²) < 4.78 is 16.7. The second kappa shape index (κ2) is 11.7. The summed E-state index contributed by atoms with van der Waals surface area (Å²) in [5, 5.41) is 0. The third kappa shape index (κ3) is 4.94. The lowest BCUT2D eigenvalue weighted by atomic mass is 9.78. The molecule has 2 amide bonds. The summed E-state index contributed by atoms with van der Waals surface area (Å²) in [4.78, 5) is 35.1. The normalized spacial score (nSPS) is 18.8. The summed E-state index contributed by atoms with van der Waals surface area (Å²) in [6.07, 6.45) is 2.03. The predicted octanol–water partition coefficient (Wildman–Crippen LogP) is 4.69. The zero-order valence-electron chi connectivity index (χ0n) is 23.5. The largest absolute Gasteiger partial charge is 0.495 e. The first kappa shape index (κ1) is 27.7. The van der Waals surface area contributed by atoms with Crippen LogP contribution in [0.3, 0.4) is 0 Å². The molecule has 9 heteroatoms. The molecule has 1 saturated heterocycles. The zero-order chi connectivity index (χ0) is 28.4. The summed E-state index contributed by atoms with van der Waals surface area (Å²) in [5.41, 5.74) is 3.06. The average molecular weight is 562 g/mol. The lowest BCUT2D eigenvalue weighted by Crippen LogP contribution is -2.53. The van der Waals surface area contributed by atoms with Gasteiger partial charge in [-0.3, -0.25) is 9.59 Å². The number of likely N-dealkylation sites (N-methyl/N-ethyl adjacent to an activating group) is 1. The Hall–Kier alpha value is -3.85. The van der Waals surface area contributed by atoms with Crippen molar-refractivity contribution in [1.82, 2.24) is 9.80 Å². The van der Waals surface area contributed by atoms with Crippen LogP contribution in [0, 0.1) is 0 Å². The first-order chi connectivity index (χ1) is 19.4. The summed E-state index contributed by atoms with van der Waals surface area (Å²) in [6, 6.07) is 19.1. The smallest absolute Gasteiger partial charge is 0.254 e. The van der Waals surface area contributed by atoms with E-state index in [1.54, 1.807) is 57.2 Å². The number of piperazine rings is 1. The molecule has 8 nitrogen and oxygen atoms in total. The van der Waals surface area contributed by atoms with Gasteiger partial charge in [0.05, 0.1) is 39.0 Å². The molecule has 2 atom stereocenters. The molecule has 3 aromatic rings. The van der Waals surface area contributed by atoms with Gasteiger partial charge in [0.25, 0.3) is 5.91 Å². The molecule has 0 aliphatic carbocycles. The molecule has 5 rings (SSSR count). The maximum Gasteiger partial charge on any atom is 0.254 e. The van der Waals surface area contributed by atoms with Gasteiger partial charge >= 0.3 is 0 Å². The van der Waals surface area contributed by atoms with E-state index in [1.165, 1.54) is 0 Å². The van der Waals surface area contributed by atoms with Crippen LogP contribution in [-0.2, 0) is 4.79 Å². The highest BCUT2D eigenvalue weighted by atomic mass is 32.2. The van der Waals surface area contributed by atoms with E-state index >= 15 is 0 Å². The van der Waals surface area contributed by atoms with E-state index in [2.05, 4.69) is 4.90 Å². The molecule has 1 fully saturated rings.